The topological polar surface area (TPSA) is 104 Å². The van der Waals surface area contributed by atoms with E-state index in [9.17, 15) is 4.79 Å². The summed E-state index contributed by atoms with van der Waals surface area (Å²) in [5.74, 6) is 0.139. The number of guanidine groups is 1. The van der Waals surface area contributed by atoms with Crippen molar-refractivity contribution in [2.45, 2.75) is 19.5 Å². The third-order valence-corrected chi connectivity index (χ3v) is 5.71. The average molecular weight is 473 g/mol. The number of pyridine rings is 1. The van der Waals surface area contributed by atoms with Gasteiger partial charge in [0, 0.05) is 22.5 Å². The van der Waals surface area contributed by atoms with Gasteiger partial charge in [0.25, 0.3) is 5.91 Å². The quantitative estimate of drug-likeness (QED) is 0.393. The monoisotopic (exact) mass is 472 g/mol. The Labute approximate surface area is 200 Å². The summed E-state index contributed by atoms with van der Waals surface area (Å²) in [6.07, 6.45) is 1.69. The maximum Gasteiger partial charge on any atom is 0.302 e. The second kappa shape index (κ2) is 9.36. The molecule has 3 heterocycles. The van der Waals surface area contributed by atoms with Gasteiger partial charge in [-0.3, -0.25) is 15.1 Å². The van der Waals surface area contributed by atoms with Crippen LogP contribution in [-0.4, -0.2) is 21.8 Å². The van der Waals surface area contributed by atoms with E-state index in [-0.39, 0.29) is 5.91 Å². The first-order valence-electron chi connectivity index (χ1n) is 10.7. The van der Waals surface area contributed by atoms with Crippen LogP contribution in [0.1, 0.15) is 24.2 Å². The molecule has 2 aromatic carbocycles. The predicted molar refractivity (Wildman–Crippen MR) is 131 cm³/mol. The number of carbonyl (C=O) groups is 1. The zero-order valence-electron chi connectivity index (χ0n) is 18.2. The SMILES string of the molecule is CC1=C(C(=O)NCc2ccccn2)C(c2ccccc2Cl)N=C(Nc2nc3ccccc3o2)N1. The smallest absolute Gasteiger partial charge is 0.302 e. The molecule has 0 aliphatic carbocycles. The minimum absolute atomic E-state index is 0.259. The number of oxazole rings is 1. The summed E-state index contributed by atoms with van der Waals surface area (Å²) in [4.78, 5) is 26.7. The number of hydrogen-bond donors (Lipinski definition) is 3. The van der Waals surface area contributed by atoms with Crippen molar-refractivity contribution >= 4 is 40.6 Å². The molecule has 0 bridgehead atoms. The van der Waals surface area contributed by atoms with Crippen molar-refractivity contribution in [3.63, 3.8) is 0 Å². The zero-order chi connectivity index (χ0) is 23.5. The van der Waals surface area contributed by atoms with Crippen molar-refractivity contribution in [3.05, 3.63) is 100 Å². The fourth-order valence-electron chi connectivity index (χ4n) is 3.75. The van der Waals surface area contributed by atoms with Gasteiger partial charge in [-0.05, 0) is 37.3 Å². The molecule has 1 unspecified atom stereocenters. The first-order valence-corrected chi connectivity index (χ1v) is 11.1. The lowest BCUT2D eigenvalue weighted by Crippen LogP contribution is -2.39. The molecular formula is C25H21ClN6O2. The fraction of sp³-hybridized carbons (Fsp3) is 0.120. The molecule has 1 aliphatic heterocycles. The Morgan fingerprint density at radius 1 is 1.09 bits per heavy atom. The highest BCUT2D eigenvalue weighted by Gasteiger charge is 2.31. The second-order valence-electron chi connectivity index (χ2n) is 7.68. The Kier molecular flexibility index (Phi) is 5.97. The number of nitrogens with zero attached hydrogens (tertiary/aromatic N) is 3. The van der Waals surface area contributed by atoms with E-state index < -0.39 is 6.04 Å². The van der Waals surface area contributed by atoms with Gasteiger partial charge in [0.2, 0.25) is 5.96 Å². The van der Waals surface area contributed by atoms with E-state index in [1.54, 1.807) is 12.3 Å². The molecule has 1 atom stereocenters. The number of rotatable bonds is 5. The summed E-state index contributed by atoms with van der Waals surface area (Å²) in [5, 5.41) is 9.69. The van der Waals surface area contributed by atoms with Gasteiger partial charge in [-0.1, -0.05) is 48.0 Å². The van der Waals surface area contributed by atoms with E-state index in [0.29, 0.717) is 46.0 Å². The molecule has 3 N–H and O–H groups in total. The standard InChI is InChI=1S/C25H21ClN6O2/c1-15-21(23(33)28-14-16-8-6-7-13-27-16)22(17-9-2-3-10-18(17)26)31-24(29-15)32-25-30-19-11-4-5-12-20(19)34-25/h2-13,22H,14H2,1H3,(H,28,33)(H2,29,30,31,32). The second-order valence-corrected chi connectivity index (χ2v) is 8.09. The van der Waals surface area contributed by atoms with Crippen LogP contribution in [-0.2, 0) is 11.3 Å². The Morgan fingerprint density at radius 2 is 1.88 bits per heavy atom. The van der Waals surface area contributed by atoms with Crippen LogP contribution in [0.15, 0.2) is 93.6 Å². The van der Waals surface area contributed by atoms with Crippen LogP contribution in [0.25, 0.3) is 11.1 Å². The number of aromatic nitrogens is 2. The van der Waals surface area contributed by atoms with Crippen LogP contribution in [0.2, 0.25) is 5.02 Å². The summed E-state index contributed by atoms with van der Waals surface area (Å²) in [6, 6.07) is 20.0. The number of hydrogen-bond acceptors (Lipinski definition) is 7. The van der Waals surface area contributed by atoms with E-state index >= 15 is 0 Å². The first-order chi connectivity index (χ1) is 16.6. The minimum Gasteiger partial charge on any atom is -0.423 e. The van der Waals surface area contributed by atoms with E-state index in [2.05, 4.69) is 25.9 Å². The number of allylic oxidation sites excluding steroid dienone is 1. The third-order valence-electron chi connectivity index (χ3n) is 5.36. The lowest BCUT2D eigenvalue weighted by Gasteiger charge is -2.27. The Hall–Kier alpha value is -4.17. The van der Waals surface area contributed by atoms with Gasteiger partial charge in [-0.2, -0.15) is 4.98 Å². The molecule has 1 amide bonds. The van der Waals surface area contributed by atoms with Crippen LogP contribution in [0.4, 0.5) is 6.01 Å². The summed E-state index contributed by atoms with van der Waals surface area (Å²) in [5.41, 5.74) is 3.96. The largest absolute Gasteiger partial charge is 0.423 e. The number of para-hydroxylation sites is 2. The maximum atomic E-state index is 13.3. The summed E-state index contributed by atoms with van der Waals surface area (Å²) < 4.78 is 5.76. The molecule has 170 valence electrons. The minimum atomic E-state index is -0.634. The molecule has 8 nitrogen and oxygen atoms in total. The highest BCUT2D eigenvalue weighted by Crippen LogP contribution is 2.35. The molecule has 0 fully saturated rings. The molecule has 2 aromatic heterocycles. The van der Waals surface area contributed by atoms with Crippen LogP contribution in [0.5, 0.6) is 0 Å². The normalized spacial score (nSPS) is 15.6. The van der Waals surface area contributed by atoms with E-state index in [1.165, 1.54) is 0 Å². The van der Waals surface area contributed by atoms with Crippen molar-refractivity contribution in [3.8, 4) is 0 Å². The van der Waals surface area contributed by atoms with Crippen LogP contribution < -0.4 is 16.0 Å². The van der Waals surface area contributed by atoms with Crippen molar-refractivity contribution in [1.29, 1.82) is 0 Å². The van der Waals surface area contributed by atoms with Gasteiger partial charge in [0.05, 0.1) is 17.8 Å². The van der Waals surface area contributed by atoms with E-state index in [0.717, 1.165) is 11.2 Å². The number of amides is 1. The number of nitrogens with one attached hydrogen (secondary N) is 3. The molecule has 0 saturated heterocycles. The first kappa shape index (κ1) is 21.7. The lowest BCUT2D eigenvalue weighted by atomic mass is 9.95. The number of benzene rings is 2. The van der Waals surface area contributed by atoms with E-state index in [1.807, 2.05) is 67.6 Å². The predicted octanol–water partition coefficient (Wildman–Crippen LogP) is 4.58. The number of fused-ring (bicyclic) bond motifs is 1. The van der Waals surface area contributed by atoms with Gasteiger partial charge >= 0.3 is 6.01 Å². The Balaban J connectivity index is 1.45. The highest BCUT2D eigenvalue weighted by molar-refractivity contribution is 6.31. The third kappa shape index (κ3) is 4.49. The van der Waals surface area contributed by atoms with E-state index in [4.69, 9.17) is 21.0 Å². The number of halogens is 1. The molecule has 0 radical (unpaired) electrons. The van der Waals surface area contributed by atoms with Gasteiger partial charge in [-0.15, -0.1) is 0 Å². The molecule has 9 heteroatoms. The molecule has 34 heavy (non-hydrogen) atoms. The van der Waals surface area contributed by atoms with Crippen LogP contribution in [0.3, 0.4) is 0 Å². The van der Waals surface area contributed by atoms with Gasteiger partial charge < -0.3 is 15.1 Å². The van der Waals surface area contributed by atoms with Crippen molar-refractivity contribution in [2.24, 2.45) is 4.99 Å². The molecule has 0 spiro atoms. The molecule has 4 aromatic rings. The Morgan fingerprint density at radius 3 is 2.68 bits per heavy atom. The summed E-state index contributed by atoms with van der Waals surface area (Å²) in [7, 11) is 0. The Bertz CT molecular complexity index is 1380. The van der Waals surface area contributed by atoms with Crippen LogP contribution >= 0.6 is 11.6 Å². The fourth-order valence-corrected chi connectivity index (χ4v) is 3.99. The van der Waals surface area contributed by atoms with Crippen molar-refractivity contribution in [1.82, 2.24) is 20.6 Å². The number of anilines is 1. The van der Waals surface area contributed by atoms with Gasteiger partial charge in [-0.25, -0.2) is 4.99 Å². The summed E-state index contributed by atoms with van der Waals surface area (Å²) in [6.45, 7) is 2.12. The van der Waals surface area contributed by atoms with Crippen LogP contribution in [0, 0.1) is 0 Å². The van der Waals surface area contributed by atoms with Gasteiger partial charge in [0.1, 0.15) is 11.6 Å². The number of carbonyl (C=O) groups excluding carboxylic acids is 1. The lowest BCUT2D eigenvalue weighted by molar-refractivity contribution is -0.118. The zero-order valence-corrected chi connectivity index (χ0v) is 19.0. The highest BCUT2D eigenvalue weighted by atomic mass is 35.5. The molecule has 1 aliphatic rings. The summed E-state index contributed by atoms with van der Waals surface area (Å²) >= 11 is 6.50. The molecule has 5 rings (SSSR count). The maximum absolute atomic E-state index is 13.3. The average Bonchev–Trinajstić information content (AvgIpc) is 3.25. The van der Waals surface area contributed by atoms with Crippen molar-refractivity contribution < 1.29 is 9.21 Å². The molecular weight excluding hydrogens is 452 g/mol. The number of aliphatic imine (C=N–C) groups is 1. The van der Waals surface area contributed by atoms with Crippen molar-refractivity contribution in [2.75, 3.05) is 5.32 Å². The molecule has 0 saturated carbocycles. The van der Waals surface area contributed by atoms with Gasteiger partial charge in [0.15, 0.2) is 5.58 Å².